The van der Waals surface area contributed by atoms with Crippen molar-refractivity contribution in [1.82, 2.24) is 0 Å². The van der Waals surface area contributed by atoms with Crippen molar-refractivity contribution >= 4 is 7.14 Å². The van der Waals surface area contributed by atoms with Gasteiger partial charge in [0.25, 0.3) is 0 Å². The van der Waals surface area contributed by atoms with Gasteiger partial charge in [-0.3, -0.25) is 0 Å². The number of rotatable bonds is 28. The summed E-state index contributed by atoms with van der Waals surface area (Å²) in [4.78, 5) is 0. The van der Waals surface area contributed by atoms with Crippen LogP contribution >= 0.6 is 7.14 Å². The molecule has 0 rings (SSSR count). The van der Waals surface area contributed by atoms with Gasteiger partial charge >= 0.3 is 0 Å². The maximum Gasteiger partial charge on any atom is 0.0819 e. The monoisotopic (exact) mass is 484 g/mol. The lowest BCUT2D eigenvalue weighted by Crippen LogP contribution is -1.87. The van der Waals surface area contributed by atoms with Crippen molar-refractivity contribution in [3.63, 3.8) is 0 Å². The van der Waals surface area contributed by atoms with Gasteiger partial charge in [0.15, 0.2) is 0 Å². The average Bonchev–Trinajstić information content (AvgIpc) is 2.78. The highest BCUT2D eigenvalue weighted by Gasteiger charge is 2.05. The van der Waals surface area contributed by atoms with E-state index in [-0.39, 0.29) is 0 Å². The Morgan fingerprint density at radius 1 is 0.333 bits per heavy atom. The van der Waals surface area contributed by atoms with Gasteiger partial charge in [0.1, 0.15) is 0 Å². The van der Waals surface area contributed by atoms with Crippen LogP contribution in [0.3, 0.4) is 0 Å². The van der Waals surface area contributed by atoms with E-state index in [2.05, 4.69) is 6.92 Å². The molecule has 0 atom stereocenters. The zero-order chi connectivity index (χ0) is 24.3. The summed E-state index contributed by atoms with van der Waals surface area (Å²) in [5.41, 5.74) is 0. The molecular formula is C31H65OP. The van der Waals surface area contributed by atoms with E-state index in [4.69, 9.17) is 0 Å². The Morgan fingerprint density at radius 3 is 0.697 bits per heavy atom. The van der Waals surface area contributed by atoms with Gasteiger partial charge in [-0.15, -0.1) is 0 Å². The fraction of sp³-hybridized carbons (Fsp3) is 1.00. The molecule has 0 aliphatic carbocycles. The second-order valence-corrected chi connectivity index (χ2v) is 15.1. The van der Waals surface area contributed by atoms with Crippen molar-refractivity contribution in [3.8, 4) is 0 Å². The molecule has 0 aromatic rings. The third kappa shape index (κ3) is 32.2. The van der Waals surface area contributed by atoms with E-state index in [1.165, 1.54) is 173 Å². The first-order valence-corrected chi connectivity index (χ1v) is 18.4. The van der Waals surface area contributed by atoms with Gasteiger partial charge in [0, 0.05) is 6.16 Å². The SMILES string of the molecule is CCCCCCCCCCCCCCCCCCCCCCCCCCCCCP(C)(C)=O. The molecule has 0 aromatic heterocycles. The topological polar surface area (TPSA) is 17.1 Å². The van der Waals surface area contributed by atoms with Crippen LogP contribution in [0.4, 0.5) is 0 Å². The normalized spacial score (nSPS) is 12.0. The molecule has 0 N–H and O–H groups in total. The smallest absolute Gasteiger partial charge is 0.0819 e. The molecule has 0 bridgehead atoms. The largest absolute Gasteiger partial charge is 0.324 e. The first-order chi connectivity index (χ1) is 16.1. The molecule has 200 valence electrons. The molecular weight excluding hydrogens is 419 g/mol. The molecule has 33 heavy (non-hydrogen) atoms. The number of unbranched alkanes of at least 4 members (excludes halogenated alkanes) is 26. The minimum Gasteiger partial charge on any atom is -0.324 e. The maximum absolute atomic E-state index is 11.7. The van der Waals surface area contributed by atoms with Gasteiger partial charge in [-0.1, -0.05) is 174 Å². The zero-order valence-electron chi connectivity index (χ0n) is 23.7. The molecule has 1 nitrogen and oxygen atoms in total. The minimum atomic E-state index is -1.77. The summed E-state index contributed by atoms with van der Waals surface area (Å²) in [6.07, 6.45) is 39.8. The Labute approximate surface area is 211 Å². The summed E-state index contributed by atoms with van der Waals surface area (Å²) in [6, 6.07) is 0. The predicted molar refractivity (Wildman–Crippen MR) is 155 cm³/mol. The van der Waals surface area contributed by atoms with E-state index in [0.29, 0.717) is 0 Å². The van der Waals surface area contributed by atoms with Crippen LogP contribution in [0.15, 0.2) is 0 Å². The first-order valence-electron chi connectivity index (χ1n) is 15.6. The molecule has 0 unspecified atom stereocenters. The van der Waals surface area contributed by atoms with Crippen LogP contribution in [0.5, 0.6) is 0 Å². The minimum absolute atomic E-state index is 0.951. The zero-order valence-corrected chi connectivity index (χ0v) is 24.5. The predicted octanol–water partition coefficient (Wildman–Crippen LogP) is 12.2. The summed E-state index contributed by atoms with van der Waals surface area (Å²) < 4.78 is 11.7. The lowest BCUT2D eigenvalue weighted by atomic mass is 10.0. The highest BCUT2D eigenvalue weighted by molar-refractivity contribution is 7.62. The lowest BCUT2D eigenvalue weighted by Gasteiger charge is -2.06. The van der Waals surface area contributed by atoms with Crippen LogP contribution in [0.25, 0.3) is 0 Å². The Hall–Kier alpha value is 0.230. The van der Waals surface area contributed by atoms with Crippen molar-refractivity contribution in [2.45, 2.75) is 180 Å². The fourth-order valence-electron chi connectivity index (χ4n) is 4.99. The summed E-state index contributed by atoms with van der Waals surface area (Å²) in [7, 11) is -1.77. The summed E-state index contributed by atoms with van der Waals surface area (Å²) >= 11 is 0. The molecule has 0 saturated carbocycles. The molecule has 2 heteroatoms. The summed E-state index contributed by atoms with van der Waals surface area (Å²) in [5, 5.41) is 0. The van der Waals surface area contributed by atoms with Crippen molar-refractivity contribution in [3.05, 3.63) is 0 Å². The third-order valence-corrected chi connectivity index (χ3v) is 8.69. The Bertz CT molecular complexity index is 400. The van der Waals surface area contributed by atoms with E-state index in [0.717, 1.165) is 6.16 Å². The molecule has 0 spiro atoms. The van der Waals surface area contributed by atoms with Crippen LogP contribution in [0.2, 0.25) is 0 Å². The van der Waals surface area contributed by atoms with Crippen LogP contribution in [-0.2, 0) is 4.57 Å². The molecule has 0 radical (unpaired) electrons. The molecule has 0 saturated heterocycles. The standard InChI is InChI=1S/C31H65OP/c1-4-5-6-7-8-9-10-11-12-13-14-15-16-17-18-19-20-21-22-23-24-25-26-27-28-29-30-31-33(2,3)32/h4-31H2,1-3H3. The van der Waals surface area contributed by atoms with Gasteiger partial charge in [-0.05, 0) is 19.8 Å². The highest BCUT2D eigenvalue weighted by Crippen LogP contribution is 2.36. The highest BCUT2D eigenvalue weighted by atomic mass is 31.2. The fourth-order valence-corrected chi connectivity index (χ4v) is 5.97. The Kier molecular flexibility index (Phi) is 27.0. The van der Waals surface area contributed by atoms with Gasteiger partial charge in [-0.2, -0.15) is 0 Å². The van der Waals surface area contributed by atoms with Gasteiger partial charge in [-0.25, -0.2) is 0 Å². The second kappa shape index (κ2) is 26.8. The third-order valence-electron chi connectivity index (χ3n) is 7.30. The molecule has 0 heterocycles. The van der Waals surface area contributed by atoms with Gasteiger partial charge in [0.05, 0.1) is 7.14 Å². The Balaban J connectivity index is 3.03. The molecule has 0 fully saturated rings. The molecule has 0 aromatic carbocycles. The second-order valence-electron chi connectivity index (χ2n) is 11.5. The number of hydrogen-bond acceptors (Lipinski definition) is 1. The quantitative estimate of drug-likeness (QED) is 0.0797. The van der Waals surface area contributed by atoms with E-state index < -0.39 is 7.14 Å². The lowest BCUT2D eigenvalue weighted by molar-refractivity contribution is 0.515. The van der Waals surface area contributed by atoms with Crippen LogP contribution in [0.1, 0.15) is 180 Å². The van der Waals surface area contributed by atoms with Crippen molar-refractivity contribution in [2.75, 3.05) is 19.5 Å². The average molecular weight is 485 g/mol. The van der Waals surface area contributed by atoms with E-state index in [1.54, 1.807) is 0 Å². The van der Waals surface area contributed by atoms with E-state index >= 15 is 0 Å². The summed E-state index contributed by atoms with van der Waals surface area (Å²) in [6.45, 7) is 6.15. The molecule has 0 aliphatic heterocycles. The molecule has 0 aliphatic rings. The van der Waals surface area contributed by atoms with Crippen molar-refractivity contribution in [1.29, 1.82) is 0 Å². The van der Waals surface area contributed by atoms with Gasteiger partial charge in [0.2, 0.25) is 0 Å². The first kappa shape index (κ1) is 33.2. The van der Waals surface area contributed by atoms with Crippen molar-refractivity contribution in [2.24, 2.45) is 0 Å². The Morgan fingerprint density at radius 2 is 0.515 bits per heavy atom. The maximum atomic E-state index is 11.7. The molecule has 0 amide bonds. The van der Waals surface area contributed by atoms with E-state index in [1.807, 2.05) is 13.3 Å². The van der Waals surface area contributed by atoms with Crippen LogP contribution in [-0.4, -0.2) is 19.5 Å². The van der Waals surface area contributed by atoms with E-state index in [9.17, 15) is 4.57 Å². The summed E-state index contributed by atoms with van der Waals surface area (Å²) in [5.74, 6) is 0. The number of hydrogen-bond donors (Lipinski definition) is 0. The van der Waals surface area contributed by atoms with Crippen molar-refractivity contribution < 1.29 is 4.57 Å². The van der Waals surface area contributed by atoms with Crippen LogP contribution in [0, 0.1) is 0 Å². The van der Waals surface area contributed by atoms with Gasteiger partial charge < -0.3 is 4.57 Å². The van der Waals surface area contributed by atoms with Crippen LogP contribution < -0.4 is 0 Å².